The fourth-order valence-corrected chi connectivity index (χ4v) is 2.22. The molecule has 0 aromatic carbocycles. The first-order valence-electron chi connectivity index (χ1n) is 6.17. The van der Waals surface area contributed by atoms with Crippen LogP contribution in [0.3, 0.4) is 0 Å². The first kappa shape index (κ1) is 12.3. The molecule has 17 heavy (non-hydrogen) atoms. The topological polar surface area (TPSA) is 79.5 Å². The summed E-state index contributed by atoms with van der Waals surface area (Å²) in [5, 5.41) is 5.99. The molecule has 6 nitrogen and oxygen atoms in total. The average molecular weight is 241 g/mol. The van der Waals surface area contributed by atoms with Gasteiger partial charge in [0.1, 0.15) is 12.6 Å². The van der Waals surface area contributed by atoms with Crippen molar-refractivity contribution in [2.45, 2.75) is 31.7 Å². The highest BCUT2D eigenvalue weighted by Gasteiger charge is 2.27. The molecule has 2 aliphatic rings. The van der Waals surface area contributed by atoms with Crippen molar-refractivity contribution >= 4 is 11.8 Å². The number of hydroxylamine groups is 1. The second-order valence-corrected chi connectivity index (χ2v) is 4.65. The number of hydrogen-bond acceptors (Lipinski definition) is 4. The van der Waals surface area contributed by atoms with Crippen molar-refractivity contribution < 1.29 is 14.4 Å². The number of hydrogen-bond donors (Lipinski definition) is 3. The Kier molecular flexibility index (Phi) is 4.33. The standard InChI is InChI=1S/C11H19N3O3/c15-10(13-9-7-17-14-11(9)16)4-3-8-2-1-5-12-6-8/h8-9,12H,1-7H2,(H,13,15)(H,14,16)/t8?,9-/m1/s1. The van der Waals surface area contributed by atoms with E-state index < -0.39 is 6.04 Å². The lowest BCUT2D eigenvalue weighted by molar-refractivity contribution is -0.128. The van der Waals surface area contributed by atoms with Gasteiger partial charge in [-0.15, -0.1) is 0 Å². The van der Waals surface area contributed by atoms with Crippen LogP contribution in [0.4, 0.5) is 0 Å². The molecule has 0 bridgehead atoms. The van der Waals surface area contributed by atoms with Crippen molar-refractivity contribution in [2.75, 3.05) is 19.7 Å². The van der Waals surface area contributed by atoms with Crippen LogP contribution in [0.25, 0.3) is 0 Å². The van der Waals surface area contributed by atoms with Gasteiger partial charge in [0.25, 0.3) is 5.91 Å². The molecule has 2 atom stereocenters. The molecule has 0 aliphatic carbocycles. The lowest BCUT2D eigenvalue weighted by Gasteiger charge is -2.22. The van der Waals surface area contributed by atoms with Crippen molar-refractivity contribution in [1.82, 2.24) is 16.1 Å². The zero-order chi connectivity index (χ0) is 12.1. The SMILES string of the molecule is O=C(CCC1CCCNC1)N[C@@H]1CONC1=O. The molecule has 0 aromatic heterocycles. The third-order valence-corrected chi connectivity index (χ3v) is 3.25. The number of piperidine rings is 1. The maximum Gasteiger partial charge on any atom is 0.268 e. The molecule has 0 radical (unpaired) electrons. The molecule has 2 heterocycles. The first-order chi connectivity index (χ1) is 8.25. The minimum atomic E-state index is -0.521. The molecule has 0 spiro atoms. The van der Waals surface area contributed by atoms with Gasteiger partial charge in [0.15, 0.2) is 0 Å². The highest BCUT2D eigenvalue weighted by molar-refractivity contribution is 5.88. The number of carbonyl (C=O) groups excluding carboxylic acids is 2. The molecular weight excluding hydrogens is 222 g/mol. The van der Waals surface area contributed by atoms with Gasteiger partial charge in [-0.1, -0.05) is 0 Å². The summed E-state index contributed by atoms with van der Waals surface area (Å²) in [7, 11) is 0. The fourth-order valence-electron chi connectivity index (χ4n) is 2.22. The summed E-state index contributed by atoms with van der Waals surface area (Å²) >= 11 is 0. The van der Waals surface area contributed by atoms with Gasteiger partial charge in [-0.05, 0) is 38.3 Å². The minimum Gasteiger partial charge on any atom is -0.342 e. The zero-order valence-corrected chi connectivity index (χ0v) is 9.83. The van der Waals surface area contributed by atoms with Crippen LogP contribution in [0.2, 0.25) is 0 Å². The summed E-state index contributed by atoms with van der Waals surface area (Å²) in [5.74, 6) is 0.252. The Balaban J connectivity index is 1.64. The number of rotatable bonds is 4. The van der Waals surface area contributed by atoms with E-state index in [2.05, 4.69) is 16.1 Å². The van der Waals surface area contributed by atoms with Gasteiger partial charge in [-0.2, -0.15) is 0 Å². The summed E-state index contributed by atoms with van der Waals surface area (Å²) in [4.78, 5) is 27.5. The predicted molar refractivity (Wildman–Crippen MR) is 60.9 cm³/mol. The van der Waals surface area contributed by atoms with Crippen LogP contribution in [0, 0.1) is 5.92 Å². The van der Waals surface area contributed by atoms with Gasteiger partial charge in [0, 0.05) is 6.42 Å². The monoisotopic (exact) mass is 241 g/mol. The molecular formula is C11H19N3O3. The van der Waals surface area contributed by atoms with Crippen molar-refractivity contribution in [3.63, 3.8) is 0 Å². The molecule has 0 saturated carbocycles. The van der Waals surface area contributed by atoms with E-state index in [4.69, 9.17) is 4.84 Å². The van der Waals surface area contributed by atoms with Crippen LogP contribution in [0.15, 0.2) is 0 Å². The van der Waals surface area contributed by atoms with Crippen molar-refractivity contribution in [3.05, 3.63) is 0 Å². The van der Waals surface area contributed by atoms with Crippen molar-refractivity contribution in [2.24, 2.45) is 5.92 Å². The summed E-state index contributed by atoms with van der Waals surface area (Å²) < 4.78 is 0. The second-order valence-electron chi connectivity index (χ2n) is 4.65. The Hall–Kier alpha value is -1.14. The van der Waals surface area contributed by atoms with E-state index in [0.717, 1.165) is 19.5 Å². The molecule has 2 saturated heterocycles. The molecule has 2 rings (SSSR count). The van der Waals surface area contributed by atoms with Gasteiger partial charge >= 0.3 is 0 Å². The molecule has 1 unspecified atom stereocenters. The average Bonchev–Trinajstić information content (AvgIpc) is 2.74. The second kappa shape index (κ2) is 5.97. The van der Waals surface area contributed by atoms with Gasteiger partial charge in [-0.3, -0.25) is 14.4 Å². The highest BCUT2D eigenvalue weighted by Crippen LogP contribution is 2.15. The summed E-state index contributed by atoms with van der Waals surface area (Å²) in [6, 6.07) is -0.521. The predicted octanol–water partition coefficient (Wildman–Crippen LogP) is -0.688. The minimum absolute atomic E-state index is 0.0683. The Morgan fingerprint density at radius 3 is 3.06 bits per heavy atom. The van der Waals surface area contributed by atoms with Crippen LogP contribution in [-0.4, -0.2) is 37.6 Å². The van der Waals surface area contributed by atoms with Gasteiger partial charge in [-0.25, -0.2) is 5.48 Å². The van der Waals surface area contributed by atoms with E-state index in [9.17, 15) is 9.59 Å². The molecule has 0 aromatic rings. The van der Waals surface area contributed by atoms with Gasteiger partial charge in [0.2, 0.25) is 5.91 Å². The van der Waals surface area contributed by atoms with Gasteiger partial charge < -0.3 is 10.6 Å². The third-order valence-electron chi connectivity index (χ3n) is 3.25. The Morgan fingerprint density at radius 2 is 2.41 bits per heavy atom. The smallest absolute Gasteiger partial charge is 0.268 e. The van der Waals surface area contributed by atoms with Crippen LogP contribution < -0.4 is 16.1 Å². The molecule has 6 heteroatoms. The molecule has 2 amide bonds. The van der Waals surface area contributed by atoms with E-state index in [1.807, 2.05) is 0 Å². The van der Waals surface area contributed by atoms with E-state index in [0.29, 0.717) is 12.3 Å². The van der Waals surface area contributed by atoms with Crippen molar-refractivity contribution in [1.29, 1.82) is 0 Å². The molecule has 96 valence electrons. The fraction of sp³-hybridized carbons (Fsp3) is 0.818. The summed E-state index contributed by atoms with van der Waals surface area (Å²) in [5.41, 5.74) is 2.22. The molecule has 2 aliphatic heterocycles. The molecule has 3 N–H and O–H groups in total. The quantitative estimate of drug-likeness (QED) is 0.609. The highest BCUT2D eigenvalue weighted by atomic mass is 16.7. The number of amides is 2. The summed E-state index contributed by atoms with van der Waals surface area (Å²) in [6.45, 7) is 2.30. The van der Waals surface area contributed by atoms with E-state index >= 15 is 0 Å². The Labute approximate surface area is 100 Å². The lowest BCUT2D eigenvalue weighted by Crippen LogP contribution is -2.42. The summed E-state index contributed by atoms with van der Waals surface area (Å²) in [6.07, 6.45) is 3.74. The van der Waals surface area contributed by atoms with E-state index in [1.54, 1.807) is 0 Å². The maximum atomic E-state index is 11.6. The van der Waals surface area contributed by atoms with Crippen LogP contribution >= 0.6 is 0 Å². The lowest BCUT2D eigenvalue weighted by atomic mass is 9.94. The third kappa shape index (κ3) is 3.67. The Bertz CT molecular complexity index is 290. The van der Waals surface area contributed by atoms with Crippen LogP contribution in [0.5, 0.6) is 0 Å². The zero-order valence-electron chi connectivity index (χ0n) is 9.83. The normalized spacial score (nSPS) is 28.8. The maximum absolute atomic E-state index is 11.6. The first-order valence-corrected chi connectivity index (χ1v) is 6.17. The van der Waals surface area contributed by atoms with Crippen LogP contribution in [-0.2, 0) is 14.4 Å². The van der Waals surface area contributed by atoms with Gasteiger partial charge in [0.05, 0.1) is 0 Å². The number of nitrogens with one attached hydrogen (secondary N) is 3. The van der Waals surface area contributed by atoms with E-state index in [1.165, 1.54) is 12.8 Å². The number of carbonyl (C=O) groups is 2. The Morgan fingerprint density at radius 1 is 1.53 bits per heavy atom. The largest absolute Gasteiger partial charge is 0.342 e. The van der Waals surface area contributed by atoms with E-state index in [-0.39, 0.29) is 18.4 Å². The van der Waals surface area contributed by atoms with Crippen molar-refractivity contribution in [3.8, 4) is 0 Å². The van der Waals surface area contributed by atoms with Crippen LogP contribution in [0.1, 0.15) is 25.7 Å². The molecule has 2 fully saturated rings.